The molecule has 0 aliphatic rings. The summed E-state index contributed by atoms with van der Waals surface area (Å²) in [5.41, 5.74) is 1.36. The standard InChI is InChI=1S/C11H17N.BrH/c1-2-3-7-10-12-11-8-5-4-6-9-11;/h4-6,8-9,12H,2-3,7,10H2,1H3;1H. The summed E-state index contributed by atoms with van der Waals surface area (Å²) in [6, 6.07) is 10.6. The number of unbranched alkanes of at least 4 members (excludes halogenated alkanes) is 2. The molecule has 0 unspecified atom stereocenters. The summed E-state index contributed by atoms with van der Waals surface area (Å²) in [6.07, 6.45) is 3.98. The highest BCUT2D eigenvalue weighted by Crippen LogP contribution is 1.96. The van der Waals surface area contributed by atoms with E-state index < -0.39 is 0 Å². The molecule has 0 bridgehead atoms. The number of benzene rings is 1. The van der Waals surface area contributed by atoms with Gasteiger partial charge in [0.05, 0.1) is 6.54 Å². The summed E-state index contributed by atoms with van der Waals surface area (Å²) >= 11 is 0. The van der Waals surface area contributed by atoms with Crippen LogP contribution in [-0.2, 0) is 0 Å². The van der Waals surface area contributed by atoms with Gasteiger partial charge in [0.2, 0.25) is 0 Å². The van der Waals surface area contributed by atoms with Crippen LogP contribution in [0.25, 0.3) is 0 Å². The molecule has 0 heterocycles. The minimum absolute atomic E-state index is 0. The molecular formula is C11H18BrN. The zero-order valence-corrected chi connectivity index (χ0v) is 9.76. The zero-order valence-electron chi connectivity index (χ0n) is 8.17. The van der Waals surface area contributed by atoms with Crippen molar-refractivity contribution in [2.24, 2.45) is 0 Å². The van der Waals surface area contributed by atoms with Crippen LogP contribution in [0.2, 0.25) is 0 Å². The van der Waals surface area contributed by atoms with Crippen LogP contribution in [0.3, 0.4) is 0 Å². The van der Waals surface area contributed by atoms with E-state index in [4.69, 9.17) is 0 Å². The Morgan fingerprint density at radius 2 is 1.77 bits per heavy atom. The van der Waals surface area contributed by atoms with Crippen molar-refractivity contribution in [1.29, 1.82) is 0 Å². The maximum absolute atomic E-state index is 2.32. The average molecular weight is 244 g/mol. The molecule has 1 aromatic carbocycles. The van der Waals surface area contributed by atoms with Gasteiger partial charge >= 0.3 is 0 Å². The predicted octanol–water partition coefficient (Wildman–Crippen LogP) is -0.924. The second kappa shape index (κ2) is 8.27. The Hall–Kier alpha value is -0.340. The fourth-order valence-electron chi connectivity index (χ4n) is 1.25. The average Bonchev–Trinajstić information content (AvgIpc) is 2.14. The first-order chi connectivity index (χ1) is 5.93. The quantitative estimate of drug-likeness (QED) is 0.509. The lowest BCUT2D eigenvalue weighted by atomic mass is 10.2. The summed E-state index contributed by atoms with van der Waals surface area (Å²) in [4.78, 5) is 0. The molecule has 13 heavy (non-hydrogen) atoms. The van der Waals surface area contributed by atoms with E-state index in [1.807, 2.05) is 0 Å². The molecule has 0 atom stereocenters. The molecule has 1 aromatic rings. The van der Waals surface area contributed by atoms with Crippen LogP contribution in [0.4, 0.5) is 5.69 Å². The maximum atomic E-state index is 2.32. The Labute approximate surface area is 91.3 Å². The number of quaternary nitrogens is 1. The molecule has 0 amide bonds. The zero-order chi connectivity index (χ0) is 8.65. The van der Waals surface area contributed by atoms with Gasteiger partial charge in [0.1, 0.15) is 5.69 Å². The first-order valence-corrected chi connectivity index (χ1v) is 4.81. The molecule has 0 aromatic heterocycles. The van der Waals surface area contributed by atoms with E-state index >= 15 is 0 Å². The largest absolute Gasteiger partial charge is 1.00 e. The van der Waals surface area contributed by atoms with Gasteiger partial charge in [-0.1, -0.05) is 31.5 Å². The molecule has 0 fully saturated rings. The summed E-state index contributed by atoms with van der Waals surface area (Å²) < 4.78 is 0. The lowest BCUT2D eigenvalue weighted by Gasteiger charge is -1.98. The first-order valence-electron chi connectivity index (χ1n) is 4.81. The Morgan fingerprint density at radius 1 is 1.08 bits per heavy atom. The minimum Gasteiger partial charge on any atom is -1.00 e. The molecule has 0 aliphatic heterocycles. The van der Waals surface area contributed by atoms with E-state index in [1.165, 1.54) is 31.5 Å². The van der Waals surface area contributed by atoms with E-state index in [-0.39, 0.29) is 17.0 Å². The third kappa shape index (κ3) is 5.83. The molecule has 0 aliphatic carbocycles. The summed E-state index contributed by atoms with van der Waals surface area (Å²) in [5, 5.41) is 2.32. The van der Waals surface area contributed by atoms with Gasteiger partial charge in [0, 0.05) is 0 Å². The van der Waals surface area contributed by atoms with E-state index in [9.17, 15) is 0 Å². The molecule has 2 N–H and O–H groups in total. The summed E-state index contributed by atoms with van der Waals surface area (Å²) in [6.45, 7) is 3.46. The number of hydrogen-bond donors (Lipinski definition) is 1. The SMILES string of the molecule is CCCCC[NH2+]c1ccccc1.[Br-]. The van der Waals surface area contributed by atoms with Gasteiger partial charge in [0.15, 0.2) is 0 Å². The topological polar surface area (TPSA) is 16.6 Å². The molecule has 0 saturated carbocycles. The first kappa shape index (κ1) is 12.7. The maximum Gasteiger partial charge on any atom is 0.129 e. The van der Waals surface area contributed by atoms with Crippen molar-refractivity contribution >= 4 is 5.69 Å². The van der Waals surface area contributed by atoms with Crippen LogP contribution in [0, 0.1) is 0 Å². The van der Waals surface area contributed by atoms with Crippen LogP contribution in [-0.4, -0.2) is 6.54 Å². The Kier molecular flexibility index (Phi) is 8.05. The normalized spacial score (nSPS) is 9.31. The van der Waals surface area contributed by atoms with Crippen molar-refractivity contribution < 1.29 is 22.3 Å². The highest BCUT2D eigenvalue weighted by Gasteiger charge is 1.92. The summed E-state index contributed by atoms with van der Waals surface area (Å²) in [5.74, 6) is 0. The third-order valence-electron chi connectivity index (χ3n) is 1.99. The lowest BCUT2D eigenvalue weighted by molar-refractivity contribution is -0.572. The van der Waals surface area contributed by atoms with E-state index in [1.54, 1.807) is 0 Å². The Morgan fingerprint density at radius 3 is 2.38 bits per heavy atom. The van der Waals surface area contributed by atoms with Crippen molar-refractivity contribution in [1.82, 2.24) is 0 Å². The highest BCUT2D eigenvalue weighted by atomic mass is 79.9. The van der Waals surface area contributed by atoms with Gasteiger partial charge in [-0.3, -0.25) is 0 Å². The number of halogens is 1. The fraction of sp³-hybridized carbons (Fsp3) is 0.455. The molecule has 0 radical (unpaired) electrons. The van der Waals surface area contributed by atoms with Crippen LogP contribution in [0.1, 0.15) is 26.2 Å². The van der Waals surface area contributed by atoms with Crippen molar-refractivity contribution in [3.8, 4) is 0 Å². The van der Waals surface area contributed by atoms with Gasteiger partial charge in [0.25, 0.3) is 0 Å². The predicted molar refractivity (Wildman–Crippen MR) is 52.4 cm³/mol. The third-order valence-corrected chi connectivity index (χ3v) is 1.99. The van der Waals surface area contributed by atoms with Crippen molar-refractivity contribution in [2.75, 3.05) is 6.54 Å². The van der Waals surface area contributed by atoms with Crippen molar-refractivity contribution in [2.45, 2.75) is 26.2 Å². The Bertz CT molecular complexity index is 199. The number of para-hydroxylation sites is 1. The molecule has 74 valence electrons. The van der Waals surface area contributed by atoms with Crippen LogP contribution < -0.4 is 22.3 Å². The molecule has 1 rings (SSSR count). The van der Waals surface area contributed by atoms with Crippen molar-refractivity contribution in [3.05, 3.63) is 30.3 Å². The van der Waals surface area contributed by atoms with Crippen LogP contribution in [0.15, 0.2) is 30.3 Å². The minimum atomic E-state index is 0. The van der Waals surface area contributed by atoms with Crippen molar-refractivity contribution in [3.63, 3.8) is 0 Å². The number of hydrogen-bond acceptors (Lipinski definition) is 0. The molecular weight excluding hydrogens is 226 g/mol. The van der Waals surface area contributed by atoms with Gasteiger partial charge < -0.3 is 22.3 Å². The van der Waals surface area contributed by atoms with Crippen LogP contribution in [0.5, 0.6) is 0 Å². The fourth-order valence-corrected chi connectivity index (χ4v) is 1.25. The van der Waals surface area contributed by atoms with Gasteiger partial charge in [-0.25, -0.2) is 0 Å². The second-order valence-corrected chi connectivity index (χ2v) is 3.11. The summed E-state index contributed by atoms with van der Waals surface area (Å²) in [7, 11) is 0. The highest BCUT2D eigenvalue weighted by molar-refractivity contribution is 5.26. The number of rotatable bonds is 5. The van der Waals surface area contributed by atoms with Crippen LogP contribution >= 0.6 is 0 Å². The molecule has 0 spiro atoms. The van der Waals surface area contributed by atoms with E-state index in [0.29, 0.717) is 0 Å². The monoisotopic (exact) mass is 243 g/mol. The number of nitrogens with two attached hydrogens (primary N) is 1. The second-order valence-electron chi connectivity index (χ2n) is 3.11. The lowest BCUT2D eigenvalue weighted by Crippen LogP contribution is -3.00. The smallest absolute Gasteiger partial charge is 0.129 e. The molecule has 1 nitrogen and oxygen atoms in total. The van der Waals surface area contributed by atoms with E-state index in [0.717, 1.165) is 0 Å². The molecule has 2 heteroatoms. The molecule has 0 saturated heterocycles. The van der Waals surface area contributed by atoms with Gasteiger partial charge in [-0.05, 0) is 25.0 Å². The Balaban J connectivity index is 0.00000144. The van der Waals surface area contributed by atoms with Gasteiger partial charge in [-0.15, -0.1) is 0 Å². The van der Waals surface area contributed by atoms with E-state index in [2.05, 4.69) is 42.6 Å². The van der Waals surface area contributed by atoms with Gasteiger partial charge in [-0.2, -0.15) is 0 Å².